The van der Waals surface area contributed by atoms with Crippen LogP contribution in [0.2, 0.25) is 0 Å². The van der Waals surface area contributed by atoms with Crippen molar-refractivity contribution in [3.8, 4) is 17.0 Å². The molecule has 0 amide bonds. The number of aliphatic hydroxyl groups is 1. The highest BCUT2D eigenvalue weighted by atomic mass is 16.5. The van der Waals surface area contributed by atoms with Crippen LogP contribution >= 0.6 is 0 Å². The molecule has 1 aliphatic rings. The van der Waals surface area contributed by atoms with E-state index >= 15 is 0 Å². The predicted octanol–water partition coefficient (Wildman–Crippen LogP) is 4.86. The Morgan fingerprint density at radius 2 is 2.03 bits per heavy atom. The van der Waals surface area contributed by atoms with Crippen LogP contribution in [-0.2, 0) is 13.2 Å². The van der Waals surface area contributed by atoms with Gasteiger partial charge >= 0.3 is 0 Å². The molecule has 30 heavy (non-hydrogen) atoms. The summed E-state index contributed by atoms with van der Waals surface area (Å²) in [6.45, 7) is 3.38. The molecule has 0 radical (unpaired) electrons. The molecule has 5 heteroatoms. The average molecular weight is 399 g/mol. The minimum absolute atomic E-state index is 0.0282. The third-order valence-electron chi connectivity index (χ3n) is 5.90. The zero-order valence-electron chi connectivity index (χ0n) is 17.1. The van der Waals surface area contributed by atoms with Crippen LogP contribution in [-0.4, -0.2) is 26.2 Å². The minimum atomic E-state index is 0.0282. The Morgan fingerprint density at radius 1 is 1.17 bits per heavy atom. The smallest absolute Gasteiger partial charge is 0.128 e. The number of aryl methyl sites for hydroxylation is 1. The number of pyridine rings is 1. The Balaban J connectivity index is 1.55. The van der Waals surface area contributed by atoms with Crippen molar-refractivity contribution < 1.29 is 9.84 Å². The van der Waals surface area contributed by atoms with Gasteiger partial charge in [-0.3, -0.25) is 0 Å². The zero-order chi connectivity index (χ0) is 20.5. The van der Waals surface area contributed by atoms with Gasteiger partial charge in [0.1, 0.15) is 12.4 Å². The molecule has 2 heterocycles. The number of rotatable bonds is 7. The van der Waals surface area contributed by atoms with Crippen LogP contribution < -0.4 is 4.74 Å². The van der Waals surface area contributed by atoms with E-state index in [1.54, 1.807) is 12.5 Å². The van der Waals surface area contributed by atoms with Crippen LogP contribution in [0.15, 0.2) is 61.2 Å². The van der Waals surface area contributed by atoms with E-state index in [0.29, 0.717) is 12.5 Å². The molecule has 0 saturated heterocycles. The summed E-state index contributed by atoms with van der Waals surface area (Å²) in [5.74, 6) is 1.44. The SMILES string of the molecule is Cc1c(CO)ccc2c(C3CC3)cc(-c3ccccc3OCCn3ccnc3)nc12. The Bertz CT molecular complexity index is 1180. The first kappa shape index (κ1) is 18.8. The molecule has 2 aromatic carbocycles. The number of ether oxygens (including phenoxy) is 1. The molecule has 1 saturated carbocycles. The van der Waals surface area contributed by atoms with Crippen LogP contribution in [0.25, 0.3) is 22.2 Å². The number of hydrogen-bond acceptors (Lipinski definition) is 4. The number of imidazole rings is 1. The van der Waals surface area contributed by atoms with Crippen LogP contribution in [0, 0.1) is 6.92 Å². The van der Waals surface area contributed by atoms with Gasteiger partial charge in [-0.2, -0.15) is 0 Å². The first-order valence-corrected chi connectivity index (χ1v) is 10.5. The van der Waals surface area contributed by atoms with Gasteiger partial charge < -0.3 is 14.4 Å². The molecular formula is C25H25N3O2. The fraction of sp³-hybridized carbons (Fsp3) is 0.280. The van der Waals surface area contributed by atoms with Gasteiger partial charge in [-0.25, -0.2) is 9.97 Å². The quantitative estimate of drug-likeness (QED) is 0.482. The van der Waals surface area contributed by atoms with Crippen molar-refractivity contribution >= 4 is 10.9 Å². The summed E-state index contributed by atoms with van der Waals surface area (Å²) >= 11 is 0. The molecule has 0 atom stereocenters. The van der Waals surface area contributed by atoms with Crippen LogP contribution in [0.1, 0.15) is 35.4 Å². The van der Waals surface area contributed by atoms with E-state index in [0.717, 1.165) is 40.2 Å². The van der Waals surface area contributed by atoms with Crippen LogP contribution in [0.3, 0.4) is 0 Å². The molecular weight excluding hydrogens is 374 g/mol. The minimum Gasteiger partial charge on any atom is -0.491 e. The number of benzene rings is 2. The third-order valence-corrected chi connectivity index (χ3v) is 5.90. The Kier molecular flexibility index (Phi) is 4.97. The molecule has 0 aliphatic heterocycles. The van der Waals surface area contributed by atoms with Crippen LogP contribution in [0.4, 0.5) is 0 Å². The maximum Gasteiger partial charge on any atom is 0.128 e. The van der Waals surface area contributed by atoms with E-state index in [2.05, 4.69) is 30.1 Å². The number of fused-ring (bicyclic) bond motifs is 1. The summed E-state index contributed by atoms with van der Waals surface area (Å²) in [4.78, 5) is 9.11. The number of para-hydroxylation sites is 1. The molecule has 2 aromatic heterocycles. The zero-order valence-corrected chi connectivity index (χ0v) is 17.1. The third kappa shape index (κ3) is 3.57. The molecule has 1 N–H and O–H groups in total. The monoisotopic (exact) mass is 399 g/mol. The van der Waals surface area contributed by atoms with Gasteiger partial charge in [0, 0.05) is 23.3 Å². The van der Waals surface area contributed by atoms with Crippen molar-refractivity contribution in [2.75, 3.05) is 6.61 Å². The normalized spacial score (nSPS) is 13.7. The Labute approximate surface area is 176 Å². The second-order valence-electron chi connectivity index (χ2n) is 7.92. The Hall–Kier alpha value is -3.18. The number of nitrogens with zero attached hydrogens (tertiary/aromatic N) is 3. The molecule has 5 nitrogen and oxygen atoms in total. The lowest BCUT2D eigenvalue weighted by atomic mass is 9.96. The molecule has 1 aliphatic carbocycles. The second-order valence-corrected chi connectivity index (χ2v) is 7.92. The van der Waals surface area contributed by atoms with E-state index in [1.165, 1.54) is 23.8 Å². The van der Waals surface area contributed by atoms with Crippen molar-refractivity contribution in [2.24, 2.45) is 0 Å². The number of aliphatic hydroxyl groups excluding tert-OH is 1. The second kappa shape index (κ2) is 7.92. The molecule has 5 rings (SSSR count). The van der Waals surface area contributed by atoms with E-state index in [-0.39, 0.29) is 6.61 Å². The van der Waals surface area contributed by atoms with Crippen molar-refractivity contribution in [1.82, 2.24) is 14.5 Å². The maximum absolute atomic E-state index is 9.72. The van der Waals surface area contributed by atoms with Gasteiger partial charge in [-0.05, 0) is 60.6 Å². The molecule has 0 unspecified atom stereocenters. The van der Waals surface area contributed by atoms with Crippen molar-refractivity contribution in [3.63, 3.8) is 0 Å². The van der Waals surface area contributed by atoms with Gasteiger partial charge in [0.05, 0.1) is 30.7 Å². The fourth-order valence-corrected chi connectivity index (χ4v) is 4.02. The van der Waals surface area contributed by atoms with E-state index < -0.39 is 0 Å². The van der Waals surface area contributed by atoms with Gasteiger partial charge in [-0.1, -0.05) is 24.3 Å². The molecule has 4 aromatic rings. The topological polar surface area (TPSA) is 60.2 Å². The number of hydrogen-bond donors (Lipinski definition) is 1. The van der Waals surface area contributed by atoms with E-state index in [9.17, 15) is 5.11 Å². The highest BCUT2D eigenvalue weighted by Gasteiger charge is 2.27. The first-order valence-electron chi connectivity index (χ1n) is 10.5. The largest absolute Gasteiger partial charge is 0.491 e. The van der Waals surface area contributed by atoms with E-state index in [1.807, 2.05) is 35.0 Å². The predicted molar refractivity (Wildman–Crippen MR) is 118 cm³/mol. The maximum atomic E-state index is 9.72. The first-order chi connectivity index (χ1) is 14.7. The standard InChI is InChI=1S/C25H25N3O2/c1-17-19(15-29)8-9-20-22(18-6-7-18)14-23(27-25(17)20)21-4-2-3-5-24(21)30-13-12-28-11-10-26-16-28/h2-5,8-11,14,16,18,29H,6-7,12-13,15H2,1H3. The fourth-order valence-electron chi connectivity index (χ4n) is 4.02. The highest BCUT2D eigenvalue weighted by molar-refractivity contribution is 5.89. The summed E-state index contributed by atoms with van der Waals surface area (Å²) in [7, 11) is 0. The summed E-state index contributed by atoms with van der Waals surface area (Å²) in [5.41, 5.74) is 6.25. The van der Waals surface area contributed by atoms with Gasteiger partial charge in [0.15, 0.2) is 0 Å². The van der Waals surface area contributed by atoms with Gasteiger partial charge in [0.25, 0.3) is 0 Å². The van der Waals surface area contributed by atoms with Crippen LogP contribution in [0.5, 0.6) is 5.75 Å². The average Bonchev–Trinajstić information content (AvgIpc) is 3.49. The summed E-state index contributed by atoms with van der Waals surface area (Å²) in [5, 5.41) is 10.9. The molecule has 0 bridgehead atoms. The molecule has 1 fully saturated rings. The Morgan fingerprint density at radius 3 is 2.80 bits per heavy atom. The van der Waals surface area contributed by atoms with Gasteiger partial charge in [0.2, 0.25) is 0 Å². The van der Waals surface area contributed by atoms with E-state index in [4.69, 9.17) is 9.72 Å². The lowest BCUT2D eigenvalue weighted by molar-refractivity contribution is 0.281. The molecule has 152 valence electrons. The van der Waals surface area contributed by atoms with Crippen molar-refractivity contribution in [2.45, 2.75) is 38.8 Å². The lowest BCUT2D eigenvalue weighted by Crippen LogP contribution is -2.07. The summed E-state index contributed by atoms with van der Waals surface area (Å²) < 4.78 is 8.14. The highest BCUT2D eigenvalue weighted by Crippen LogP contribution is 2.45. The number of aromatic nitrogens is 3. The van der Waals surface area contributed by atoms with Crippen molar-refractivity contribution in [3.05, 3.63) is 77.9 Å². The van der Waals surface area contributed by atoms with Crippen molar-refractivity contribution in [1.29, 1.82) is 0 Å². The lowest BCUT2D eigenvalue weighted by Gasteiger charge is -2.15. The summed E-state index contributed by atoms with van der Waals surface area (Å²) in [6.07, 6.45) is 7.95. The van der Waals surface area contributed by atoms with Gasteiger partial charge in [-0.15, -0.1) is 0 Å². The summed E-state index contributed by atoms with van der Waals surface area (Å²) in [6, 6.07) is 14.5. The molecule has 0 spiro atoms.